The van der Waals surface area contributed by atoms with Gasteiger partial charge in [-0.2, -0.15) is 0 Å². The van der Waals surface area contributed by atoms with E-state index < -0.39 is 17.7 Å². The van der Waals surface area contributed by atoms with Gasteiger partial charge >= 0.3 is 0 Å². The molecule has 3 rings (SSSR count). The van der Waals surface area contributed by atoms with Crippen molar-refractivity contribution in [1.82, 2.24) is 0 Å². The zero-order valence-corrected chi connectivity index (χ0v) is 15.5. The summed E-state index contributed by atoms with van der Waals surface area (Å²) in [5.41, 5.74) is 1.57. The molecule has 2 aromatic carbocycles. The molecule has 0 radical (unpaired) electrons. The average molecular weight is 400 g/mol. The SMILES string of the molecule is CC(C)C(=O)C1=C(O)C(=O)N(c2ccccc2)C1c1ccc(Br)cc1. The van der Waals surface area contributed by atoms with E-state index in [0.29, 0.717) is 5.69 Å². The van der Waals surface area contributed by atoms with Crippen LogP contribution < -0.4 is 4.90 Å². The first-order chi connectivity index (χ1) is 11.9. The van der Waals surface area contributed by atoms with Crippen LogP contribution in [0.5, 0.6) is 0 Å². The summed E-state index contributed by atoms with van der Waals surface area (Å²) < 4.78 is 0.900. The Bertz CT molecular complexity index is 841. The minimum atomic E-state index is -0.641. The van der Waals surface area contributed by atoms with Crippen LogP contribution in [-0.4, -0.2) is 16.8 Å². The Hall–Kier alpha value is -2.40. The number of carbonyl (C=O) groups is 2. The third-order valence-corrected chi connectivity index (χ3v) is 4.75. The summed E-state index contributed by atoms with van der Waals surface area (Å²) in [5, 5.41) is 10.5. The Morgan fingerprint density at radius 3 is 2.24 bits per heavy atom. The molecule has 1 aliphatic rings. The molecule has 2 aromatic rings. The molecule has 1 aliphatic heterocycles. The number of Topliss-reactive ketones (excluding diaryl/α,β-unsaturated/α-hetero) is 1. The fourth-order valence-electron chi connectivity index (χ4n) is 2.98. The minimum Gasteiger partial charge on any atom is -0.503 e. The van der Waals surface area contributed by atoms with Crippen LogP contribution in [0.2, 0.25) is 0 Å². The van der Waals surface area contributed by atoms with Crippen LogP contribution in [0.15, 0.2) is 70.4 Å². The van der Waals surface area contributed by atoms with Gasteiger partial charge in [-0.15, -0.1) is 0 Å². The van der Waals surface area contributed by atoms with Crippen LogP contribution in [0.3, 0.4) is 0 Å². The molecule has 5 heteroatoms. The number of nitrogens with zero attached hydrogens (tertiary/aromatic N) is 1. The number of rotatable bonds is 4. The van der Waals surface area contributed by atoms with Crippen molar-refractivity contribution in [3.05, 3.63) is 76.0 Å². The summed E-state index contributed by atoms with van der Waals surface area (Å²) in [6, 6.07) is 15.9. The van der Waals surface area contributed by atoms with Crippen molar-refractivity contribution in [1.29, 1.82) is 0 Å². The van der Waals surface area contributed by atoms with Crippen molar-refractivity contribution in [2.45, 2.75) is 19.9 Å². The third-order valence-electron chi connectivity index (χ3n) is 4.22. The summed E-state index contributed by atoms with van der Waals surface area (Å²) in [7, 11) is 0. The molecule has 0 aliphatic carbocycles. The molecule has 1 heterocycles. The molecule has 1 unspecified atom stereocenters. The van der Waals surface area contributed by atoms with Crippen LogP contribution in [0, 0.1) is 5.92 Å². The predicted octanol–water partition coefficient (Wildman–Crippen LogP) is 4.57. The van der Waals surface area contributed by atoms with Gasteiger partial charge in [-0.3, -0.25) is 14.5 Å². The van der Waals surface area contributed by atoms with Gasteiger partial charge in [0.2, 0.25) is 0 Å². The van der Waals surface area contributed by atoms with E-state index in [1.165, 1.54) is 4.90 Å². The topological polar surface area (TPSA) is 57.6 Å². The molecule has 0 aromatic heterocycles. The average Bonchev–Trinajstić information content (AvgIpc) is 2.87. The molecular weight excluding hydrogens is 382 g/mol. The van der Waals surface area contributed by atoms with Gasteiger partial charge in [-0.1, -0.05) is 60.1 Å². The van der Waals surface area contributed by atoms with E-state index in [0.717, 1.165) is 10.0 Å². The van der Waals surface area contributed by atoms with Gasteiger partial charge in [0.25, 0.3) is 5.91 Å². The molecule has 4 nitrogen and oxygen atoms in total. The standard InChI is InChI=1S/C20H18BrNO3/c1-12(2)18(23)16-17(13-8-10-14(21)11-9-13)22(20(25)19(16)24)15-6-4-3-5-7-15/h3-12,17,24H,1-2H3. The van der Waals surface area contributed by atoms with E-state index in [-0.39, 0.29) is 17.3 Å². The van der Waals surface area contributed by atoms with E-state index in [1.54, 1.807) is 26.0 Å². The monoisotopic (exact) mass is 399 g/mol. The normalized spacial score (nSPS) is 17.5. The van der Waals surface area contributed by atoms with Crippen molar-refractivity contribution in [2.24, 2.45) is 5.92 Å². The quantitative estimate of drug-likeness (QED) is 0.818. The number of amides is 1. The zero-order chi connectivity index (χ0) is 18.1. The molecule has 128 valence electrons. The highest BCUT2D eigenvalue weighted by molar-refractivity contribution is 9.10. The maximum Gasteiger partial charge on any atom is 0.294 e. The maximum atomic E-state index is 12.8. The summed E-state index contributed by atoms with van der Waals surface area (Å²) in [5.74, 6) is -1.56. The largest absolute Gasteiger partial charge is 0.503 e. The molecule has 0 bridgehead atoms. The highest BCUT2D eigenvalue weighted by Crippen LogP contribution is 2.41. The Kier molecular flexibility index (Phi) is 4.77. The van der Waals surface area contributed by atoms with E-state index in [2.05, 4.69) is 15.9 Å². The Balaban J connectivity index is 2.18. The van der Waals surface area contributed by atoms with Gasteiger partial charge in [-0.05, 0) is 29.8 Å². The first-order valence-electron chi connectivity index (χ1n) is 8.03. The number of hydrogen-bond donors (Lipinski definition) is 1. The van der Waals surface area contributed by atoms with Crippen LogP contribution in [-0.2, 0) is 9.59 Å². The molecule has 1 N–H and O–H groups in total. The molecule has 0 spiro atoms. The number of aliphatic hydroxyl groups is 1. The highest BCUT2D eigenvalue weighted by atomic mass is 79.9. The number of halogens is 1. The third kappa shape index (κ3) is 3.12. The lowest BCUT2D eigenvalue weighted by atomic mass is 9.91. The second kappa shape index (κ2) is 6.84. The van der Waals surface area contributed by atoms with Gasteiger partial charge in [0.15, 0.2) is 11.5 Å². The summed E-state index contributed by atoms with van der Waals surface area (Å²) in [6.45, 7) is 3.52. The van der Waals surface area contributed by atoms with Crippen molar-refractivity contribution in [2.75, 3.05) is 4.90 Å². The van der Waals surface area contributed by atoms with Gasteiger partial charge in [-0.25, -0.2) is 0 Å². The molecule has 1 amide bonds. The highest BCUT2D eigenvalue weighted by Gasteiger charge is 2.44. The van der Waals surface area contributed by atoms with Crippen molar-refractivity contribution < 1.29 is 14.7 Å². The summed E-state index contributed by atoms with van der Waals surface area (Å²) in [4.78, 5) is 27.0. The molecule has 0 fully saturated rings. The van der Waals surface area contributed by atoms with Gasteiger partial charge in [0.1, 0.15) is 0 Å². The lowest BCUT2D eigenvalue weighted by Crippen LogP contribution is -2.31. The molecule has 0 saturated carbocycles. The molecular formula is C20H18BrNO3. The number of ketones is 1. The lowest BCUT2D eigenvalue weighted by molar-refractivity contribution is -0.119. The first kappa shape index (κ1) is 17.4. The number of para-hydroxylation sites is 1. The smallest absolute Gasteiger partial charge is 0.294 e. The second-order valence-electron chi connectivity index (χ2n) is 6.25. The van der Waals surface area contributed by atoms with Crippen LogP contribution in [0.4, 0.5) is 5.69 Å². The fraction of sp³-hybridized carbons (Fsp3) is 0.200. The Labute approximate surface area is 154 Å². The van der Waals surface area contributed by atoms with Crippen LogP contribution in [0.25, 0.3) is 0 Å². The predicted molar refractivity (Wildman–Crippen MR) is 100 cm³/mol. The number of hydrogen-bond acceptors (Lipinski definition) is 3. The Morgan fingerprint density at radius 1 is 1.08 bits per heavy atom. The van der Waals surface area contributed by atoms with Crippen molar-refractivity contribution in [3.8, 4) is 0 Å². The van der Waals surface area contributed by atoms with Crippen LogP contribution in [0.1, 0.15) is 25.5 Å². The summed E-state index contributed by atoms with van der Waals surface area (Å²) >= 11 is 3.40. The summed E-state index contributed by atoms with van der Waals surface area (Å²) in [6.07, 6.45) is 0. The van der Waals surface area contributed by atoms with Gasteiger partial charge in [0, 0.05) is 16.1 Å². The molecule has 1 atom stereocenters. The van der Waals surface area contributed by atoms with Gasteiger partial charge < -0.3 is 5.11 Å². The number of anilines is 1. The lowest BCUT2D eigenvalue weighted by Gasteiger charge is -2.27. The van der Waals surface area contributed by atoms with E-state index in [4.69, 9.17) is 0 Å². The van der Waals surface area contributed by atoms with E-state index in [1.807, 2.05) is 42.5 Å². The van der Waals surface area contributed by atoms with E-state index in [9.17, 15) is 14.7 Å². The fourth-order valence-corrected chi connectivity index (χ4v) is 3.25. The van der Waals surface area contributed by atoms with Crippen molar-refractivity contribution in [3.63, 3.8) is 0 Å². The second-order valence-corrected chi connectivity index (χ2v) is 7.16. The Morgan fingerprint density at radius 2 is 1.68 bits per heavy atom. The first-order valence-corrected chi connectivity index (χ1v) is 8.82. The number of carbonyl (C=O) groups excluding carboxylic acids is 2. The van der Waals surface area contributed by atoms with Crippen LogP contribution >= 0.6 is 15.9 Å². The van der Waals surface area contributed by atoms with E-state index >= 15 is 0 Å². The van der Waals surface area contributed by atoms with Crippen molar-refractivity contribution >= 4 is 33.3 Å². The minimum absolute atomic E-state index is 0.158. The number of benzene rings is 2. The zero-order valence-electron chi connectivity index (χ0n) is 13.9. The maximum absolute atomic E-state index is 12.8. The van der Waals surface area contributed by atoms with Gasteiger partial charge in [0.05, 0.1) is 11.6 Å². The number of aliphatic hydroxyl groups excluding tert-OH is 1. The molecule has 25 heavy (non-hydrogen) atoms. The molecule has 0 saturated heterocycles.